The fourth-order valence-electron chi connectivity index (χ4n) is 4.46. The molecule has 0 radical (unpaired) electrons. The van der Waals surface area contributed by atoms with E-state index in [-0.39, 0.29) is 10.7 Å². The van der Waals surface area contributed by atoms with Crippen LogP contribution in [0.25, 0.3) is 39.4 Å². The van der Waals surface area contributed by atoms with E-state index in [1.807, 2.05) is 43.3 Å². The summed E-state index contributed by atoms with van der Waals surface area (Å²) >= 11 is -2.43. The Labute approximate surface area is 231 Å². The molecule has 3 aromatic carbocycles. The van der Waals surface area contributed by atoms with Crippen molar-refractivity contribution in [1.29, 1.82) is 0 Å². The van der Waals surface area contributed by atoms with Crippen LogP contribution >= 0.6 is 0 Å². The van der Waals surface area contributed by atoms with Gasteiger partial charge in [0.15, 0.2) is 17.3 Å². The fourth-order valence-corrected chi connectivity index (χ4v) is 4.88. The molecule has 0 aliphatic rings. The van der Waals surface area contributed by atoms with Gasteiger partial charge in [-0.3, -0.25) is 4.21 Å². The minimum Gasteiger partial charge on any atom is -0.768 e. The molecule has 0 spiro atoms. The maximum absolute atomic E-state index is 13.5. The normalized spacial score (nSPS) is 12.5. The molecule has 7 nitrogen and oxygen atoms in total. The van der Waals surface area contributed by atoms with Gasteiger partial charge in [0.1, 0.15) is 11.5 Å². The lowest BCUT2D eigenvalue weighted by Gasteiger charge is -2.15. The van der Waals surface area contributed by atoms with Crippen molar-refractivity contribution in [2.45, 2.75) is 24.9 Å². The molecular formula is C29H24F3N4O3S-. The number of oxazole rings is 1. The van der Waals surface area contributed by atoms with Crippen LogP contribution in [-0.4, -0.2) is 37.4 Å². The van der Waals surface area contributed by atoms with Crippen molar-refractivity contribution in [3.8, 4) is 39.4 Å². The van der Waals surface area contributed by atoms with E-state index in [0.717, 1.165) is 17.4 Å². The summed E-state index contributed by atoms with van der Waals surface area (Å²) in [7, 11) is 3.85. The molecule has 0 aliphatic carbocycles. The Bertz CT molecular complexity index is 1720. The second kappa shape index (κ2) is 10.4. The number of halogens is 3. The van der Waals surface area contributed by atoms with E-state index in [0.29, 0.717) is 39.7 Å². The highest BCUT2D eigenvalue weighted by Crippen LogP contribution is 2.40. The molecule has 5 aromatic rings. The number of aromatic nitrogens is 3. The van der Waals surface area contributed by atoms with Gasteiger partial charge in [-0.25, -0.2) is 9.97 Å². The second-order valence-electron chi connectivity index (χ2n) is 9.39. The zero-order valence-corrected chi connectivity index (χ0v) is 22.8. The zero-order valence-electron chi connectivity index (χ0n) is 22.0. The quantitative estimate of drug-likeness (QED) is 0.211. The van der Waals surface area contributed by atoms with Gasteiger partial charge < -0.3 is 18.4 Å². The Hall–Kier alpha value is -4.22. The third kappa shape index (κ3) is 5.30. The number of anilines is 1. The van der Waals surface area contributed by atoms with E-state index < -0.39 is 23.0 Å². The van der Waals surface area contributed by atoms with Crippen LogP contribution in [0.15, 0.2) is 82.2 Å². The van der Waals surface area contributed by atoms with Gasteiger partial charge in [-0.05, 0) is 77.7 Å². The molecule has 11 heteroatoms. The summed E-state index contributed by atoms with van der Waals surface area (Å²) in [5.41, 5.74) is 3.29. The van der Waals surface area contributed by atoms with Crippen molar-refractivity contribution in [1.82, 2.24) is 14.5 Å². The molecule has 0 bridgehead atoms. The maximum Gasteiger partial charge on any atom is 0.434 e. The van der Waals surface area contributed by atoms with E-state index in [1.165, 1.54) is 23.6 Å². The van der Waals surface area contributed by atoms with Crippen LogP contribution in [0.1, 0.15) is 17.4 Å². The highest BCUT2D eigenvalue weighted by molar-refractivity contribution is 7.79. The number of benzene rings is 3. The van der Waals surface area contributed by atoms with Crippen molar-refractivity contribution < 1.29 is 26.4 Å². The molecule has 0 aliphatic heterocycles. The van der Waals surface area contributed by atoms with Crippen molar-refractivity contribution >= 4 is 16.8 Å². The number of hydrogen-bond acceptors (Lipinski definition) is 6. The molecule has 0 N–H and O–H groups in total. The first-order valence-electron chi connectivity index (χ1n) is 12.1. The predicted octanol–water partition coefficient (Wildman–Crippen LogP) is 6.80. The first-order chi connectivity index (χ1) is 18.9. The summed E-state index contributed by atoms with van der Waals surface area (Å²) in [5, 5.41) is 0. The van der Waals surface area contributed by atoms with Crippen molar-refractivity contribution in [3.05, 3.63) is 90.3 Å². The number of rotatable bonds is 6. The average Bonchev–Trinajstić information content (AvgIpc) is 3.51. The molecule has 1 atom stereocenters. The number of nitrogens with zero attached hydrogens (tertiary/aromatic N) is 4. The summed E-state index contributed by atoms with van der Waals surface area (Å²) in [6, 6.07) is 19.2. The molecule has 2 heterocycles. The number of alkyl halides is 3. The van der Waals surface area contributed by atoms with Crippen LogP contribution in [0.4, 0.5) is 18.9 Å². The molecule has 0 saturated carbocycles. The second-order valence-corrected chi connectivity index (χ2v) is 10.3. The van der Waals surface area contributed by atoms with Crippen LogP contribution in [0.2, 0.25) is 0 Å². The first kappa shape index (κ1) is 27.4. The minimum atomic E-state index is -4.62. The molecule has 1 unspecified atom stereocenters. The van der Waals surface area contributed by atoms with Gasteiger partial charge in [-0.15, -0.1) is 0 Å². The van der Waals surface area contributed by atoms with Gasteiger partial charge in [0, 0.05) is 48.9 Å². The SMILES string of the molecule is Cc1nc(-c2cc(-c3cccc(S(=O)[O-])c3)ccc2-n2cc(C(F)(F)F)nc2C)c(-c2ccc(N(C)C)cc2)o1. The Balaban J connectivity index is 1.75. The van der Waals surface area contributed by atoms with Crippen molar-refractivity contribution in [2.75, 3.05) is 19.0 Å². The number of aryl methyl sites for hydroxylation is 2. The monoisotopic (exact) mass is 565 g/mol. The minimum absolute atomic E-state index is 0.113. The molecule has 0 fully saturated rings. The highest BCUT2D eigenvalue weighted by Gasteiger charge is 2.35. The molecule has 0 amide bonds. The van der Waals surface area contributed by atoms with E-state index in [2.05, 4.69) is 9.97 Å². The Kier molecular flexibility index (Phi) is 7.11. The predicted molar refractivity (Wildman–Crippen MR) is 146 cm³/mol. The van der Waals surface area contributed by atoms with Crippen LogP contribution in [0.5, 0.6) is 0 Å². The van der Waals surface area contributed by atoms with Gasteiger partial charge in [-0.1, -0.05) is 18.2 Å². The summed E-state index contributed by atoms with van der Waals surface area (Å²) in [6.45, 7) is 3.19. The molecule has 2 aromatic heterocycles. The van der Waals surface area contributed by atoms with E-state index in [4.69, 9.17) is 4.42 Å². The van der Waals surface area contributed by atoms with E-state index in [9.17, 15) is 21.9 Å². The van der Waals surface area contributed by atoms with E-state index >= 15 is 0 Å². The molecule has 40 heavy (non-hydrogen) atoms. The summed E-state index contributed by atoms with van der Waals surface area (Å²) in [5.74, 6) is 0.965. The van der Waals surface area contributed by atoms with Crippen LogP contribution in [-0.2, 0) is 17.3 Å². The smallest absolute Gasteiger partial charge is 0.434 e. The lowest BCUT2D eigenvalue weighted by Crippen LogP contribution is -2.07. The van der Waals surface area contributed by atoms with Gasteiger partial charge in [-0.2, -0.15) is 13.2 Å². The zero-order chi connectivity index (χ0) is 28.8. The van der Waals surface area contributed by atoms with Crippen molar-refractivity contribution in [3.63, 3.8) is 0 Å². The highest BCUT2D eigenvalue weighted by atomic mass is 32.2. The third-order valence-electron chi connectivity index (χ3n) is 6.42. The maximum atomic E-state index is 13.5. The summed E-state index contributed by atoms with van der Waals surface area (Å²) in [4.78, 5) is 10.4. The molecule has 0 saturated heterocycles. The summed E-state index contributed by atoms with van der Waals surface area (Å²) < 4.78 is 71.1. The Morgan fingerprint density at radius 1 is 0.925 bits per heavy atom. The van der Waals surface area contributed by atoms with Gasteiger partial charge in [0.25, 0.3) is 0 Å². The largest absolute Gasteiger partial charge is 0.768 e. The van der Waals surface area contributed by atoms with Gasteiger partial charge in [0.05, 0.1) is 5.69 Å². The fraction of sp³-hybridized carbons (Fsp3) is 0.172. The Morgan fingerprint density at radius 2 is 1.60 bits per heavy atom. The first-order valence-corrected chi connectivity index (χ1v) is 13.2. The lowest BCUT2D eigenvalue weighted by atomic mass is 9.98. The van der Waals surface area contributed by atoms with Crippen LogP contribution in [0.3, 0.4) is 0 Å². The lowest BCUT2D eigenvalue weighted by molar-refractivity contribution is -0.141. The Morgan fingerprint density at radius 3 is 2.23 bits per heavy atom. The van der Waals surface area contributed by atoms with Gasteiger partial charge in [0.2, 0.25) is 0 Å². The van der Waals surface area contributed by atoms with Crippen LogP contribution in [0, 0.1) is 13.8 Å². The van der Waals surface area contributed by atoms with Crippen molar-refractivity contribution in [2.24, 2.45) is 0 Å². The summed E-state index contributed by atoms with van der Waals surface area (Å²) in [6.07, 6.45) is -3.66. The molecular weight excluding hydrogens is 541 g/mol. The number of imidazole rings is 1. The molecule has 206 valence electrons. The average molecular weight is 566 g/mol. The standard InChI is InChI=1S/C29H25F3N4O3S/c1-17-33-26(29(30,31)32)16-36(17)25-13-10-21(20-6-5-7-23(14-20)40(37)38)15-24(25)27-28(39-18(2)34-27)19-8-11-22(12-9-19)35(3)4/h5-16H,1-4H3,(H,37,38)/p-1. The topological polar surface area (TPSA) is 87.2 Å². The van der Waals surface area contributed by atoms with E-state index in [1.54, 1.807) is 37.3 Å². The van der Waals surface area contributed by atoms with Crippen LogP contribution < -0.4 is 4.90 Å². The van der Waals surface area contributed by atoms with Gasteiger partial charge >= 0.3 is 6.18 Å². The molecule has 5 rings (SSSR count). The number of hydrogen-bond donors (Lipinski definition) is 0. The third-order valence-corrected chi connectivity index (χ3v) is 7.06.